The summed E-state index contributed by atoms with van der Waals surface area (Å²) in [5.41, 5.74) is 2.68. The fourth-order valence-corrected chi connectivity index (χ4v) is 2.58. The summed E-state index contributed by atoms with van der Waals surface area (Å²) in [6, 6.07) is 19.9. The Morgan fingerprint density at radius 1 is 0.917 bits per heavy atom. The van der Waals surface area contributed by atoms with Crippen LogP contribution in [0.4, 0.5) is 5.82 Å². The van der Waals surface area contributed by atoms with Gasteiger partial charge in [0.15, 0.2) is 5.65 Å². The summed E-state index contributed by atoms with van der Waals surface area (Å²) >= 11 is 0. The first-order chi connectivity index (χ1) is 11.8. The molecule has 0 atom stereocenters. The highest BCUT2D eigenvalue weighted by Gasteiger charge is 2.12. The van der Waals surface area contributed by atoms with Crippen LogP contribution in [-0.2, 0) is 6.54 Å². The van der Waals surface area contributed by atoms with Crippen molar-refractivity contribution < 1.29 is 0 Å². The predicted octanol–water partition coefficient (Wildman–Crippen LogP) is 2.82. The van der Waals surface area contributed by atoms with Crippen molar-refractivity contribution >= 4 is 11.5 Å². The molecule has 0 aliphatic carbocycles. The molecule has 0 aliphatic heterocycles. The van der Waals surface area contributed by atoms with E-state index >= 15 is 0 Å². The van der Waals surface area contributed by atoms with Gasteiger partial charge < -0.3 is 4.90 Å². The zero-order chi connectivity index (χ0) is 16.4. The monoisotopic (exact) mass is 316 g/mol. The summed E-state index contributed by atoms with van der Waals surface area (Å²) in [4.78, 5) is 6.43. The van der Waals surface area contributed by atoms with E-state index in [4.69, 9.17) is 0 Å². The van der Waals surface area contributed by atoms with Gasteiger partial charge in [0, 0.05) is 19.8 Å². The first kappa shape index (κ1) is 14.3. The maximum Gasteiger partial charge on any atom is 0.203 e. The molecule has 6 nitrogen and oxygen atoms in total. The number of rotatable bonds is 4. The van der Waals surface area contributed by atoms with E-state index in [9.17, 15) is 0 Å². The molecule has 0 spiro atoms. The maximum absolute atomic E-state index is 4.69. The molecule has 24 heavy (non-hydrogen) atoms. The highest BCUT2D eigenvalue weighted by atomic mass is 15.4. The maximum atomic E-state index is 4.69. The Morgan fingerprint density at radius 2 is 1.75 bits per heavy atom. The molecule has 118 valence electrons. The Bertz CT molecular complexity index is 949. The van der Waals surface area contributed by atoms with Gasteiger partial charge in [-0.05, 0) is 29.8 Å². The molecule has 0 unspecified atom stereocenters. The van der Waals surface area contributed by atoms with Crippen LogP contribution >= 0.6 is 0 Å². The molecule has 0 radical (unpaired) electrons. The minimum atomic E-state index is 0.639. The molecule has 1 aromatic carbocycles. The lowest BCUT2D eigenvalue weighted by atomic mass is 10.2. The molecule has 0 saturated heterocycles. The summed E-state index contributed by atoms with van der Waals surface area (Å²) in [5.74, 6) is 1.49. The highest BCUT2D eigenvalue weighted by molar-refractivity contribution is 5.55. The van der Waals surface area contributed by atoms with E-state index in [1.165, 1.54) is 5.56 Å². The summed E-state index contributed by atoms with van der Waals surface area (Å²) in [7, 11) is 2.02. The van der Waals surface area contributed by atoms with Crippen molar-refractivity contribution in [3.05, 3.63) is 72.4 Å². The van der Waals surface area contributed by atoms with Gasteiger partial charge in [0.1, 0.15) is 11.5 Å². The molecular formula is C18H16N6. The van der Waals surface area contributed by atoms with Gasteiger partial charge in [0.05, 0.1) is 0 Å². The number of hydrogen-bond donors (Lipinski definition) is 0. The first-order valence-electron chi connectivity index (χ1n) is 7.70. The Hall–Kier alpha value is -3.28. The van der Waals surface area contributed by atoms with Crippen molar-refractivity contribution in [2.45, 2.75) is 6.54 Å². The van der Waals surface area contributed by atoms with Crippen LogP contribution in [-0.4, -0.2) is 31.8 Å². The fraction of sp³-hybridized carbons (Fsp3) is 0.111. The van der Waals surface area contributed by atoms with Crippen LogP contribution in [0.1, 0.15) is 5.56 Å². The average molecular weight is 316 g/mol. The van der Waals surface area contributed by atoms with Crippen molar-refractivity contribution in [2.75, 3.05) is 11.9 Å². The largest absolute Gasteiger partial charge is 0.354 e. The number of fused-ring (bicyclic) bond motifs is 1. The van der Waals surface area contributed by atoms with Gasteiger partial charge >= 0.3 is 0 Å². The lowest BCUT2D eigenvalue weighted by Crippen LogP contribution is -2.18. The number of hydrogen-bond acceptors (Lipinski definition) is 5. The topological polar surface area (TPSA) is 59.2 Å². The molecule has 4 rings (SSSR count). The second-order valence-corrected chi connectivity index (χ2v) is 5.54. The third kappa shape index (κ3) is 2.69. The average Bonchev–Trinajstić information content (AvgIpc) is 3.06. The predicted molar refractivity (Wildman–Crippen MR) is 92.6 cm³/mol. The van der Waals surface area contributed by atoms with Gasteiger partial charge in [-0.2, -0.15) is 4.52 Å². The van der Waals surface area contributed by atoms with Gasteiger partial charge in [-0.15, -0.1) is 15.3 Å². The van der Waals surface area contributed by atoms with Crippen LogP contribution < -0.4 is 4.90 Å². The normalized spacial score (nSPS) is 10.9. The van der Waals surface area contributed by atoms with Gasteiger partial charge in [-0.3, -0.25) is 4.98 Å². The first-order valence-corrected chi connectivity index (χ1v) is 7.70. The van der Waals surface area contributed by atoms with Crippen LogP contribution in [0.3, 0.4) is 0 Å². The number of benzene rings is 1. The van der Waals surface area contributed by atoms with E-state index < -0.39 is 0 Å². The second kappa shape index (κ2) is 6.08. The molecule has 0 aliphatic rings. The lowest BCUT2D eigenvalue weighted by Gasteiger charge is -2.18. The molecule has 6 heteroatoms. The molecule has 0 amide bonds. The molecule has 0 bridgehead atoms. The van der Waals surface area contributed by atoms with E-state index in [1.807, 2.05) is 55.6 Å². The molecule has 3 aromatic heterocycles. The summed E-state index contributed by atoms with van der Waals surface area (Å²) in [5, 5.41) is 13.1. The number of anilines is 1. The van der Waals surface area contributed by atoms with Gasteiger partial charge in [0.2, 0.25) is 5.82 Å². The van der Waals surface area contributed by atoms with E-state index in [-0.39, 0.29) is 0 Å². The van der Waals surface area contributed by atoms with Crippen molar-refractivity contribution in [3.63, 3.8) is 0 Å². The minimum Gasteiger partial charge on any atom is -0.354 e. The molecule has 0 fully saturated rings. The van der Waals surface area contributed by atoms with Gasteiger partial charge in [-0.1, -0.05) is 36.4 Å². The van der Waals surface area contributed by atoms with E-state index in [0.717, 1.165) is 18.1 Å². The van der Waals surface area contributed by atoms with Crippen molar-refractivity contribution in [2.24, 2.45) is 0 Å². The summed E-state index contributed by atoms with van der Waals surface area (Å²) < 4.78 is 1.74. The Balaban J connectivity index is 1.70. The third-order valence-corrected chi connectivity index (χ3v) is 3.80. The molecule has 0 N–H and O–H groups in total. The van der Waals surface area contributed by atoms with Crippen molar-refractivity contribution in [1.82, 2.24) is 24.8 Å². The van der Waals surface area contributed by atoms with Gasteiger partial charge in [0.25, 0.3) is 0 Å². The Labute approximate surface area is 139 Å². The van der Waals surface area contributed by atoms with Crippen LogP contribution in [0.5, 0.6) is 0 Å². The third-order valence-electron chi connectivity index (χ3n) is 3.80. The SMILES string of the molecule is CN(Cc1ccccc1)c1ccc2nnc(-c3ccccn3)n2n1. The molecule has 0 saturated carbocycles. The summed E-state index contributed by atoms with van der Waals surface area (Å²) in [6.45, 7) is 0.778. The number of pyridine rings is 1. The summed E-state index contributed by atoms with van der Waals surface area (Å²) in [6.07, 6.45) is 1.74. The Morgan fingerprint density at radius 3 is 2.54 bits per heavy atom. The minimum absolute atomic E-state index is 0.639. The zero-order valence-electron chi connectivity index (χ0n) is 13.2. The fourth-order valence-electron chi connectivity index (χ4n) is 2.58. The van der Waals surface area contributed by atoms with E-state index in [1.54, 1.807) is 10.7 Å². The van der Waals surface area contributed by atoms with Crippen LogP contribution in [0.15, 0.2) is 66.9 Å². The molecule has 3 heterocycles. The lowest BCUT2D eigenvalue weighted by molar-refractivity contribution is 0.841. The standard InChI is InChI=1S/C18H16N6/c1-23(13-14-7-3-2-4-8-14)17-11-10-16-20-21-18(24(16)22-17)15-9-5-6-12-19-15/h2-12H,13H2,1H3. The highest BCUT2D eigenvalue weighted by Crippen LogP contribution is 2.18. The quantitative estimate of drug-likeness (QED) is 0.579. The molecular weight excluding hydrogens is 300 g/mol. The van der Waals surface area contributed by atoms with E-state index in [0.29, 0.717) is 11.5 Å². The van der Waals surface area contributed by atoms with Crippen LogP contribution in [0.25, 0.3) is 17.2 Å². The zero-order valence-corrected chi connectivity index (χ0v) is 13.2. The smallest absolute Gasteiger partial charge is 0.203 e. The van der Waals surface area contributed by atoms with Crippen LogP contribution in [0.2, 0.25) is 0 Å². The van der Waals surface area contributed by atoms with Gasteiger partial charge in [-0.25, -0.2) is 0 Å². The second-order valence-electron chi connectivity index (χ2n) is 5.54. The number of nitrogens with zero attached hydrogens (tertiary/aromatic N) is 6. The Kier molecular flexibility index (Phi) is 3.63. The van der Waals surface area contributed by atoms with Crippen LogP contribution in [0, 0.1) is 0 Å². The van der Waals surface area contributed by atoms with Crippen molar-refractivity contribution in [3.8, 4) is 11.5 Å². The van der Waals surface area contributed by atoms with Crippen molar-refractivity contribution in [1.29, 1.82) is 0 Å². The van der Waals surface area contributed by atoms with E-state index in [2.05, 4.69) is 37.3 Å². The molecule has 4 aromatic rings. The number of aromatic nitrogens is 5.